The van der Waals surface area contributed by atoms with Gasteiger partial charge in [-0.1, -0.05) is 0 Å². The molecule has 0 aliphatic rings. The summed E-state index contributed by atoms with van der Waals surface area (Å²) in [5, 5.41) is 7.55. The standard InChI is InChI=1S/C18H18N6S2/c1-25-10-6-13-17(14(7-10)26-2)24-16(23-13)8-15-21-11-4-3-9(18(19)20)5-12(11)22-15/h3-7H,8H2,1-2H3,(H3,19,20)(H,21,22)(H,23,24). The summed E-state index contributed by atoms with van der Waals surface area (Å²) in [7, 11) is 0. The summed E-state index contributed by atoms with van der Waals surface area (Å²) in [5.74, 6) is 1.75. The number of nitrogens with one attached hydrogen (secondary N) is 3. The molecule has 0 atom stereocenters. The minimum atomic E-state index is 0.0505. The third-order valence-corrected chi connectivity index (χ3v) is 5.66. The third kappa shape index (κ3) is 3.06. The molecule has 0 aliphatic carbocycles. The molecule has 4 aromatic rings. The SMILES string of the molecule is CSc1cc(SC)c2nc(Cc3nc4ccc(C(=N)N)cc4[nH]3)[nH]c2c1. The number of nitrogens with two attached hydrogens (primary N) is 1. The van der Waals surface area contributed by atoms with Crippen LogP contribution in [0.1, 0.15) is 17.2 Å². The number of imidazole rings is 2. The summed E-state index contributed by atoms with van der Waals surface area (Å²) in [6.45, 7) is 0. The minimum Gasteiger partial charge on any atom is -0.384 e. The van der Waals surface area contributed by atoms with E-state index >= 15 is 0 Å². The predicted octanol–water partition coefficient (Wildman–Crippen LogP) is 3.76. The summed E-state index contributed by atoms with van der Waals surface area (Å²) < 4.78 is 0. The van der Waals surface area contributed by atoms with Crippen molar-refractivity contribution in [3.63, 3.8) is 0 Å². The molecule has 6 nitrogen and oxygen atoms in total. The number of amidine groups is 1. The maximum atomic E-state index is 7.55. The Morgan fingerprint density at radius 3 is 2.54 bits per heavy atom. The lowest BCUT2D eigenvalue weighted by Crippen LogP contribution is -2.10. The molecular weight excluding hydrogens is 364 g/mol. The van der Waals surface area contributed by atoms with Crippen molar-refractivity contribution < 1.29 is 0 Å². The number of nitrogen functional groups attached to an aromatic ring is 1. The molecule has 0 amide bonds. The maximum Gasteiger partial charge on any atom is 0.122 e. The molecule has 2 aromatic carbocycles. The Morgan fingerprint density at radius 2 is 1.81 bits per heavy atom. The smallest absolute Gasteiger partial charge is 0.122 e. The number of hydrogen-bond acceptors (Lipinski definition) is 5. The van der Waals surface area contributed by atoms with E-state index in [0.29, 0.717) is 12.0 Å². The summed E-state index contributed by atoms with van der Waals surface area (Å²) in [6, 6.07) is 9.84. The van der Waals surface area contributed by atoms with Gasteiger partial charge in [0.25, 0.3) is 0 Å². The molecule has 4 rings (SSSR count). The van der Waals surface area contributed by atoms with Crippen LogP contribution in [0.15, 0.2) is 40.1 Å². The van der Waals surface area contributed by atoms with Crippen molar-refractivity contribution >= 4 is 51.4 Å². The van der Waals surface area contributed by atoms with E-state index in [2.05, 4.69) is 39.6 Å². The number of thioether (sulfide) groups is 2. The van der Waals surface area contributed by atoms with Crippen molar-refractivity contribution in [2.75, 3.05) is 12.5 Å². The zero-order valence-corrected chi connectivity index (χ0v) is 16.0. The van der Waals surface area contributed by atoms with E-state index in [0.717, 1.165) is 33.7 Å². The molecule has 0 radical (unpaired) electrons. The van der Waals surface area contributed by atoms with Gasteiger partial charge in [-0.25, -0.2) is 9.97 Å². The van der Waals surface area contributed by atoms with E-state index in [4.69, 9.17) is 16.1 Å². The van der Waals surface area contributed by atoms with Gasteiger partial charge in [-0.05, 0) is 42.8 Å². The molecule has 0 saturated carbocycles. The maximum absolute atomic E-state index is 7.55. The fourth-order valence-electron chi connectivity index (χ4n) is 2.94. The number of hydrogen-bond donors (Lipinski definition) is 4. The zero-order chi connectivity index (χ0) is 18.3. The van der Waals surface area contributed by atoms with Crippen LogP contribution in [-0.4, -0.2) is 38.3 Å². The van der Waals surface area contributed by atoms with Gasteiger partial charge in [0.2, 0.25) is 0 Å². The average molecular weight is 383 g/mol. The molecule has 5 N–H and O–H groups in total. The number of nitrogens with zero attached hydrogens (tertiary/aromatic N) is 2. The van der Waals surface area contributed by atoms with Gasteiger partial charge in [0.1, 0.15) is 23.0 Å². The van der Waals surface area contributed by atoms with Crippen molar-refractivity contribution in [3.05, 3.63) is 47.5 Å². The highest BCUT2D eigenvalue weighted by atomic mass is 32.2. The van der Waals surface area contributed by atoms with Crippen LogP contribution >= 0.6 is 23.5 Å². The fourth-order valence-corrected chi connectivity index (χ4v) is 4.08. The molecule has 8 heteroatoms. The number of H-pyrrole nitrogens is 2. The summed E-state index contributed by atoms with van der Waals surface area (Å²) in [4.78, 5) is 18.5. The molecule has 132 valence electrons. The van der Waals surface area contributed by atoms with E-state index in [1.54, 1.807) is 23.5 Å². The molecule has 0 bridgehead atoms. The Bertz CT molecular complexity index is 1130. The van der Waals surface area contributed by atoms with Crippen LogP contribution in [0.25, 0.3) is 22.1 Å². The van der Waals surface area contributed by atoms with Crippen molar-refractivity contribution in [1.82, 2.24) is 19.9 Å². The second-order valence-corrected chi connectivity index (χ2v) is 7.64. The summed E-state index contributed by atoms with van der Waals surface area (Å²) >= 11 is 3.43. The average Bonchev–Trinajstić information content (AvgIpc) is 3.22. The number of benzene rings is 2. The van der Waals surface area contributed by atoms with Crippen LogP contribution in [0, 0.1) is 5.41 Å². The highest BCUT2D eigenvalue weighted by Crippen LogP contribution is 2.30. The largest absolute Gasteiger partial charge is 0.384 e. The van der Waals surface area contributed by atoms with Crippen LogP contribution in [0.5, 0.6) is 0 Å². The number of rotatable bonds is 5. The molecule has 26 heavy (non-hydrogen) atoms. The molecular formula is C18H18N6S2. The van der Waals surface area contributed by atoms with Crippen LogP contribution in [0.3, 0.4) is 0 Å². The second kappa shape index (κ2) is 6.69. The van der Waals surface area contributed by atoms with Crippen molar-refractivity contribution in [2.45, 2.75) is 16.2 Å². The normalized spacial score (nSPS) is 11.5. The van der Waals surface area contributed by atoms with Gasteiger partial charge in [0.05, 0.1) is 23.0 Å². The van der Waals surface area contributed by atoms with Gasteiger partial charge in [0, 0.05) is 15.4 Å². The van der Waals surface area contributed by atoms with E-state index in [1.807, 2.05) is 18.2 Å². The van der Waals surface area contributed by atoms with E-state index in [9.17, 15) is 0 Å². The Balaban J connectivity index is 1.70. The quantitative estimate of drug-likeness (QED) is 0.239. The molecule has 0 unspecified atom stereocenters. The van der Waals surface area contributed by atoms with Gasteiger partial charge >= 0.3 is 0 Å². The highest BCUT2D eigenvalue weighted by molar-refractivity contribution is 7.99. The lowest BCUT2D eigenvalue weighted by Gasteiger charge is -2.01. The van der Waals surface area contributed by atoms with Gasteiger partial charge < -0.3 is 15.7 Å². The Hall–Kier alpha value is -2.45. The lowest BCUT2D eigenvalue weighted by atomic mass is 10.2. The molecule has 2 aromatic heterocycles. The van der Waals surface area contributed by atoms with Crippen LogP contribution in [0.4, 0.5) is 0 Å². The number of aromatic nitrogens is 4. The first-order valence-electron chi connectivity index (χ1n) is 8.01. The number of fused-ring (bicyclic) bond motifs is 2. The van der Waals surface area contributed by atoms with E-state index < -0.39 is 0 Å². The van der Waals surface area contributed by atoms with Crippen molar-refractivity contribution in [3.8, 4) is 0 Å². The summed E-state index contributed by atoms with van der Waals surface area (Å²) in [6.07, 6.45) is 4.73. The van der Waals surface area contributed by atoms with E-state index in [-0.39, 0.29) is 5.84 Å². The third-order valence-electron chi connectivity index (χ3n) is 4.21. The second-order valence-electron chi connectivity index (χ2n) is 5.92. The molecule has 0 saturated heterocycles. The van der Waals surface area contributed by atoms with Crippen molar-refractivity contribution in [1.29, 1.82) is 5.41 Å². The van der Waals surface area contributed by atoms with Crippen LogP contribution in [0.2, 0.25) is 0 Å². The predicted molar refractivity (Wildman–Crippen MR) is 110 cm³/mol. The van der Waals surface area contributed by atoms with Crippen molar-refractivity contribution in [2.24, 2.45) is 5.73 Å². The summed E-state index contributed by atoms with van der Waals surface area (Å²) in [5.41, 5.74) is 10.0. The van der Waals surface area contributed by atoms with Gasteiger partial charge in [-0.3, -0.25) is 5.41 Å². The van der Waals surface area contributed by atoms with Gasteiger partial charge in [-0.15, -0.1) is 23.5 Å². The first kappa shape index (κ1) is 17.0. The van der Waals surface area contributed by atoms with Crippen LogP contribution in [-0.2, 0) is 6.42 Å². The lowest BCUT2D eigenvalue weighted by molar-refractivity contribution is 0.959. The van der Waals surface area contributed by atoms with Crippen LogP contribution < -0.4 is 5.73 Å². The highest BCUT2D eigenvalue weighted by Gasteiger charge is 2.12. The number of aromatic amines is 2. The minimum absolute atomic E-state index is 0.0505. The first-order valence-corrected chi connectivity index (χ1v) is 10.5. The molecule has 2 heterocycles. The monoisotopic (exact) mass is 382 g/mol. The zero-order valence-electron chi connectivity index (χ0n) is 14.4. The fraction of sp³-hybridized carbons (Fsp3) is 0.167. The molecule has 0 spiro atoms. The van der Waals surface area contributed by atoms with Gasteiger partial charge in [0.15, 0.2) is 0 Å². The van der Waals surface area contributed by atoms with E-state index in [1.165, 1.54) is 9.79 Å². The molecule has 0 aliphatic heterocycles. The first-order chi connectivity index (χ1) is 12.6. The Kier molecular flexibility index (Phi) is 4.37. The Morgan fingerprint density at radius 1 is 1.04 bits per heavy atom. The Labute approximate surface area is 158 Å². The topological polar surface area (TPSA) is 107 Å². The molecule has 0 fully saturated rings. The van der Waals surface area contributed by atoms with Gasteiger partial charge in [-0.2, -0.15) is 0 Å².